The standard InChI is InChI=1S/C19H17N3O4S2/c1-12-5-2-3-7-14(12)17(24)21-20-16(23)8-9-22-18(25)15(28-19(22)27)11-13-6-4-10-26-13/h2-7,10-11H,8-9H2,1H3,(H,20,23)(H,21,24)/b15-11+. The van der Waals surface area contributed by atoms with Crippen molar-refractivity contribution < 1.29 is 18.8 Å². The molecule has 0 spiro atoms. The van der Waals surface area contributed by atoms with E-state index in [1.54, 1.807) is 30.3 Å². The Kier molecular flexibility index (Phi) is 6.27. The summed E-state index contributed by atoms with van der Waals surface area (Å²) in [6.45, 7) is 1.92. The fourth-order valence-corrected chi connectivity index (χ4v) is 3.78. The van der Waals surface area contributed by atoms with Crippen LogP contribution in [0.15, 0.2) is 52.0 Å². The average molecular weight is 415 g/mol. The molecule has 0 bridgehead atoms. The van der Waals surface area contributed by atoms with E-state index in [1.165, 1.54) is 11.2 Å². The van der Waals surface area contributed by atoms with E-state index in [9.17, 15) is 14.4 Å². The van der Waals surface area contributed by atoms with Gasteiger partial charge in [-0.25, -0.2) is 0 Å². The molecule has 3 amide bonds. The molecule has 0 unspecified atom stereocenters. The molecular weight excluding hydrogens is 398 g/mol. The summed E-state index contributed by atoms with van der Waals surface area (Å²) in [6.07, 6.45) is 3.12. The van der Waals surface area contributed by atoms with Crippen LogP contribution in [0.5, 0.6) is 0 Å². The molecule has 7 nitrogen and oxygen atoms in total. The summed E-state index contributed by atoms with van der Waals surface area (Å²) >= 11 is 6.38. The van der Waals surface area contributed by atoms with Crippen LogP contribution in [-0.2, 0) is 9.59 Å². The van der Waals surface area contributed by atoms with Crippen LogP contribution >= 0.6 is 24.0 Å². The van der Waals surface area contributed by atoms with Gasteiger partial charge in [-0.3, -0.25) is 30.1 Å². The molecule has 144 valence electrons. The lowest BCUT2D eigenvalue weighted by atomic mass is 10.1. The van der Waals surface area contributed by atoms with E-state index < -0.39 is 11.8 Å². The number of rotatable bonds is 5. The largest absolute Gasteiger partial charge is 0.465 e. The van der Waals surface area contributed by atoms with Crippen molar-refractivity contribution in [2.45, 2.75) is 13.3 Å². The molecule has 1 fully saturated rings. The Bertz CT molecular complexity index is 954. The van der Waals surface area contributed by atoms with Gasteiger partial charge in [0.15, 0.2) is 0 Å². The molecule has 1 aliphatic heterocycles. The first-order valence-electron chi connectivity index (χ1n) is 8.39. The summed E-state index contributed by atoms with van der Waals surface area (Å²) in [4.78, 5) is 38.4. The average Bonchev–Trinajstić information content (AvgIpc) is 3.27. The molecule has 0 aliphatic carbocycles. The van der Waals surface area contributed by atoms with Gasteiger partial charge in [-0.2, -0.15) is 0 Å². The quantitative estimate of drug-likeness (QED) is 0.443. The summed E-state index contributed by atoms with van der Waals surface area (Å²) < 4.78 is 5.58. The summed E-state index contributed by atoms with van der Waals surface area (Å²) in [5.41, 5.74) is 6.00. The zero-order valence-electron chi connectivity index (χ0n) is 14.9. The zero-order valence-corrected chi connectivity index (χ0v) is 16.6. The topological polar surface area (TPSA) is 91.7 Å². The molecule has 0 atom stereocenters. The number of carbonyl (C=O) groups is 3. The molecule has 2 aromatic rings. The third kappa shape index (κ3) is 4.68. The first kappa shape index (κ1) is 19.8. The number of aryl methyl sites for hydroxylation is 1. The van der Waals surface area contributed by atoms with Crippen molar-refractivity contribution in [3.8, 4) is 0 Å². The number of thiocarbonyl (C=S) groups is 1. The van der Waals surface area contributed by atoms with E-state index >= 15 is 0 Å². The van der Waals surface area contributed by atoms with Gasteiger partial charge in [-0.1, -0.05) is 42.2 Å². The molecule has 1 saturated heterocycles. The maximum absolute atomic E-state index is 12.4. The Hall–Kier alpha value is -2.91. The highest BCUT2D eigenvalue weighted by molar-refractivity contribution is 8.26. The van der Waals surface area contributed by atoms with Gasteiger partial charge in [0.2, 0.25) is 5.91 Å². The Morgan fingerprint density at radius 1 is 1.21 bits per heavy atom. The van der Waals surface area contributed by atoms with E-state index in [2.05, 4.69) is 10.9 Å². The zero-order chi connectivity index (χ0) is 20.1. The van der Waals surface area contributed by atoms with Crippen molar-refractivity contribution in [1.29, 1.82) is 0 Å². The van der Waals surface area contributed by atoms with Crippen LogP contribution < -0.4 is 10.9 Å². The summed E-state index contributed by atoms with van der Waals surface area (Å²) in [6, 6.07) is 10.5. The van der Waals surface area contributed by atoms with Crippen molar-refractivity contribution in [3.05, 3.63) is 64.5 Å². The molecule has 9 heteroatoms. The number of thioether (sulfide) groups is 1. The Labute approximate surface area is 171 Å². The minimum atomic E-state index is -0.425. The minimum Gasteiger partial charge on any atom is -0.465 e. The second-order valence-electron chi connectivity index (χ2n) is 5.92. The van der Waals surface area contributed by atoms with Crippen LogP contribution in [0.4, 0.5) is 0 Å². The third-order valence-electron chi connectivity index (χ3n) is 3.96. The lowest BCUT2D eigenvalue weighted by Crippen LogP contribution is -2.43. The van der Waals surface area contributed by atoms with Crippen LogP contribution in [-0.4, -0.2) is 33.5 Å². The SMILES string of the molecule is Cc1ccccc1C(=O)NNC(=O)CCN1C(=O)/C(=C\c2ccco2)SC1=S. The first-order valence-corrected chi connectivity index (χ1v) is 9.62. The van der Waals surface area contributed by atoms with Gasteiger partial charge in [-0.15, -0.1) is 0 Å². The van der Waals surface area contributed by atoms with Gasteiger partial charge >= 0.3 is 0 Å². The summed E-state index contributed by atoms with van der Waals surface area (Å²) in [5, 5.41) is 0. The number of hydrogen-bond donors (Lipinski definition) is 2. The maximum atomic E-state index is 12.4. The number of hydrogen-bond acceptors (Lipinski definition) is 6. The number of nitrogens with zero attached hydrogens (tertiary/aromatic N) is 1. The second kappa shape index (κ2) is 8.85. The minimum absolute atomic E-state index is 0.00543. The fraction of sp³-hybridized carbons (Fsp3) is 0.158. The molecule has 0 saturated carbocycles. The number of hydrazine groups is 1. The molecule has 3 rings (SSSR count). The third-order valence-corrected chi connectivity index (χ3v) is 5.34. The highest BCUT2D eigenvalue weighted by Crippen LogP contribution is 2.32. The number of nitrogens with one attached hydrogen (secondary N) is 2. The Morgan fingerprint density at radius 3 is 2.71 bits per heavy atom. The van der Waals surface area contributed by atoms with Crippen molar-refractivity contribution in [1.82, 2.24) is 15.8 Å². The van der Waals surface area contributed by atoms with E-state index in [4.69, 9.17) is 16.6 Å². The smallest absolute Gasteiger partial charge is 0.269 e. The van der Waals surface area contributed by atoms with E-state index in [-0.39, 0.29) is 18.9 Å². The van der Waals surface area contributed by atoms with Gasteiger partial charge in [0, 0.05) is 24.6 Å². The molecule has 1 aromatic heterocycles. The van der Waals surface area contributed by atoms with Gasteiger partial charge in [0.25, 0.3) is 11.8 Å². The number of carbonyl (C=O) groups excluding carboxylic acids is 3. The van der Waals surface area contributed by atoms with Crippen molar-refractivity contribution in [3.63, 3.8) is 0 Å². The summed E-state index contributed by atoms with van der Waals surface area (Å²) in [5.74, 6) is -0.551. The lowest BCUT2D eigenvalue weighted by Gasteiger charge is -2.14. The van der Waals surface area contributed by atoms with Gasteiger partial charge in [-0.05, 0) is 30.7 Å². The normalized spacial score (nSPS) is 15.2. The van der Waals surface area contributed by atoms with E-state index in [1.807, 2.05) is 19.1 Å². The van der Waals surface area contributed by atoms with E-state index in [0.717, 1.165) is 17.3 Å². The van der Waals surface area contributed by atoms with Crippen LogP contribution in [0.2, 0.25) is 0 Å². The van der Waals surface area contributed by atoms with Gasteiger partial charge in [0.05, 0.1) is 11.2 Å². The highest BCUT2D eigenvalue weighted by atomic mass is 32.2. The predicted molar refractivity (Wildman–Crippen MR) is 110 cm³/mol. The molecule has 0 radical (unpaired) electrons. The van der Waals surface area contributed by atoms with Crippen molar-refractivity contribution in [2.75, 3.05) is 6.54 Å². The van der Waals surface area contributed by atoms with Crippen LogP contribution in [0.3, 0.4) is 0 Å². The number of benzene rings is 1. The lowest BCUT2D eigenvalue weighted by molar-refractivity contribution is -0.124. The summed E-state index contributed by atoms with van der Waals surface area (Å²) in [7, 11) is 0. The number of furan rings is 1. The molecule has 1 aliphatic rings. The first-order chi connectivity index (χ1) is 13.5. The molecule has 2 N–H and O–H groups in total. The van der Waals surface area contributed by atoms with Crippen molar-refractivity contribution in [2.24, 2.45) is 0 Å². The molecule has 2 heterocycles. The molecular formula is C19H17N3O4S2. The molecule has 1 aromatic carbocycles. The van der Waals surface area contributed by atoms with Crippen LogP contribution in [0, 0.1) is 6.92 Å². The second-order valence-corrected chi connectivity index (χ2v) is 7.59. The van der Waals surface area contributed by atoms with Gasteiger partial charge < -0.3 is 4.42 Å². The predicted octanol–water partition coefficient (Wildman–Crippen LogP) is 2.64. The fourth-order valence-electron chi connectivity index (χ4n) is 2.49. The van der Waals surface area contributed by atoms with Crippen LogP contribution in [0.25, 0.3) is 6.08 Å². The Balaban J connectivity index is 1.50. The number of amides is 3. The maximum Gasteiger partial charge on any atom is 0.269 e. The Morgan fingerprint density at radius 2 is 2.00 bits per heavy atom. The highest BCUT2D eigenvalue weighted by Gasteiger charge is 2.32. The molecule has 28 heavy (non-hydrogen) atoms. The van der Waals surface area contributed by atoms with Crippen LogP contribution in [0.1, 0.15) is 28.1 Å². The van der Waals surface area contributed by atoms with Crippen molar-refractivity contribution >= 4 is 52.1 Å². The van der Waals surface area contributed by atoms with E-state index in [0.29, 0.717) is 20.5 Å². The van der Waals surface area contributed by atoms with Gasteiger partial charge in [0.1, 0.15) is 10.1 Å². The monoisotopic (exact) mass is 415 g/mol.